The standard InChI is InChI=1S/C36H64N6O10/c1-35(2,3)29-7-9-40(26-29)34(45)37-8-11-46-13-15-48-17-19-50-21-23-52-24-22-51-20-18-49-16-14-47-12-10-41-27-30(38-39-41)28-42-32(43)25-31(33(42)44)36(4,5)6/h27,29,31H,7-26,28H2,1-6H3,(H,37,45). The number of likely N-dealkylation sites (tertiary alicyclic amines) is 2. The van der Waals surface area contributed by atoms with Crippen molar-refractivity contribution in [3.63, 3.8) is 0 Å². The molecule has 52 heavy (non-hydrogen) atoms. The number of ether oxygens (including phenoxy) is 7. The number of aromatic nitrogens is 3. The first-order chi connectivity index (χ1) is 24.9. The van der Waals surface area contributed by atoms with Crippen LogP contribution in [-0.2, 0) is 55.8 Å². The smallest absolute Gasteiger partial charge is 0.317 e. The van der Waals surface area contributed by atoms with Crippen molar-refractivity contribution in [2.45, 2.75) is 67.5 Å². The fraction of sp³-hybridized carbons (Fsp3) is 0.861. The highest BCUT2D eigenvalue weighted by molar-refractivity contribution is 6.03. The number of amides is 4. The molecule has 0 radical (unpaired) electrons. The van der Waals surface area contributed by atoms with Gasteiger partial charge in [-0.25, -0.2) is 9.48 Å². The summed E-state index contributed by atoms with van der Waals surface area (Å²) in [5.41, 5.74) is 0.536. The van der Waals surface area contributed by atoms with Gasteiger partial charge in [-0.05, 0) is 23.2 Å². The zero-order valence-corrected chi connectivity index (χ0v) is 32.4. The van der Waals surface area contributed by atoms with Gasteiger partial charge >= 0.3 is 6.03 Å². The number of urea groups is 1. The maximum atomic E-state index is 12.7. The van der Waals surface area contributed by atoms with Gasteiger partial charge in [-0.3, -0.25) is 14.5 Å². The molecule has 0 aromatic carbocycles. The van der Waals surface area contributed by atoms with Crippen molar-refractivity contribution >= 4 is 17.8 Å². The van der Waals surface area contributed by atoms with Gasteiger partial charge < -0.3 is 43.4 Å². The molecule has 16 nitrogen and oxygen atoms in total. The normalized spacial score (nSPS) is 18.3. The van der Waals surface area contributed by atoms with E-state index in [1.165, 1.54) is 4.90 Å². The number of nitrogens with one attached hydrogen (secondary N) is 1. The molecule has 0 spiro atoms. The van der Waals surface area contributed by atoms with Gasteiger partial charge in [0, 0.05) is 26.1 Å². The first kappa shape index (κ1) is 43.7. The summed E-state index contributed by atoms with van der Waals surface area (Å²) in [5, 5.41) is 11.1. The first-order valence-electron chi connectivity index (χ1n) is 18.7. The van der Waals surface area contributed by atoms with Crippen LogP contribution in [0.15, 0.2) is 6.20 Å². The molecule has 1 aromatic heterocycles. The summed E-state index contributed by atoms with van der Waals surface area (Å²) in [6.07, 6.45) is 3.03. The lowest BCUT2D eigenvalue weighted by Crippen LogP contribution is -2.40. The van der Waals surface area contributed by atoms with Gasteiger partial charge in [-0.2, -0.15) is 0 Å². The molecule has 3 heterocycles. The van der Waals surface area contributed by atoms with Crippen LogP contribution in [0.2, 0.25) is 0 Å². The fourth-order valence-electron chi connectivity index (χ4n) is 5.78. The predicted octanol–water partition coefficient (Wildman–Crippen LogP) is 2.39. The van der Waals surface area contributed by atoms with E-state index < -0.39 is 0 Å². The Labute approximate surface area is 309 Å². The van der Waals surface area contributed by atoms with Crippen molar-refractivity contribution in [1.82, 2.24) is 30.1 Å². The highest BCUT2D eigenvalue weighted by atomic mass is 16.6. The van der Waals surface area contributed by atoms with E-state index in [4.69, 9.17) is 33.2 Å². The van der Waals surface area contributed by atoms with E-state index in [0.717, 1.165) is 19.5 Å². The Bertz CT molecular complexity index is 1190. The van der Waals surface area contributed by atoms with Gasteiger partial charge in [0.2, 0.25) is 11.8 Å². The lowest BCUT2D eigenvalue weighted by Gasteiger charge is -2.27. The van der Waals surface area contributed by atoms with E-state index in [1.54, 1.807) is 10.9 Å². The quantitative estimate of drug-likeness (QED) is 0.109. The van der Waals surface area contributed by atoms with Gasteiger partial charge in [-0.15, -0.1) is 5.10 Å². The van der Waals surface area contributed by atoms with Gasteiger partial charge in [0.15, 0.2) is 0 Å². The Balaban J connectivity index is 1.00. The summed E-state index contributed by atoms with van der Waals surface area (Å²) < 4.78 is 40.3. The lowest BCUT2D eigenvalue weighted by molar-refractivity contribution is -0.141. The minimum atomic E-state index is -0.305. The van der Waals surface area contributed by atoms with E-state index in [9.17, 15) is 14.4 Å². The maximum absolute atomic E-state index is 12.7. The molecule has 1 N–H and O–H groups in total. The number of hydrogen-bond donors (Lipinski definition) is 1. The van der Waals surface area contributed by atoms with Crippen molar-refractivity contribution in [2.75, 3.05) is 112 Å². The maximum Gasteiger partial charge on any atom is 0.317 e. The van der Waals surface area contributed by atoms with Crippen LogP contribution in [0.4, 0.5) is 4.79 Å². The predicted molar refractivity (Wildman–Crippen MR) is 191 cm³/mol. The molecule has 0 bridgehead atoms. The number of hydrogen-bond acceptors (Lipinski definition) is 12. The average molecular weight is 741 g/mol. The van der Waals surface area contributed by atoms with Crippen LogP contribution in [0.1, 0.15) is 60.1 Å². The largest absolute Gasteiger partial charge is 0.377 e. The zero-order chi connectivity index (χ0) is 37.8. The van der Waals surface area contributed by atoms with Crippen LogP contribution in [-0.4, -0.2) is 155 Å². The molecule has 3 rings (SSSR count). The summed E-state index contributed by atoms with van der Waals surface area (Å²) in [5.74, 6) is -0.0683. The molecule has 0 aliphatic carbocycles. The zero-order valence-electron chi connectivity index (χ0n) is 32.4. The Morgan fingerprint density at radius 3 is 1.71 bits per heavy atom. The number of rotatable bonds is 26. The molecule has 2 fully saturated rings. The molecular formula is C36H64N6O10. The molecule has 1 aromatic rings. The van der Waals surface area contributed by atoms with Crippen molar-refractivity contribution in [2.24, 2.45) is 22.7 Å². The monoisotopic (exact) mass is 740 g/mol. The molecule has 0 saturated carbocycles. The molecule has 16 heteroatoms. The highest BCUT2D eigenvalue weighted by Crippen LogP contribution is 2.36. The number of nitrogens with zero attached hydrogens (tertiary/aromatic N) is 5. The summed E-state index contributed by atoms with van der Waals surface area (Å²) in [4.78, 5) is 40.5. The van der Waals surface area contributed by atoms with E-state index in [-0.39, 0.29) is 47.6 Å². The average Bonchev–Trinajstić information content (AvgIpc) is 3.83. The number of carbonyl (C=O) groups excluding carboxylic acids is 3. The van der Waals surface area contributed by atoms with Gasteiger partial charge in [0.05, 0.1) is 118 Å². The van der Waals surface area contributed by atoms with Crippen molar-refractivity contribution in [1.29, 1.82) is 0 Å². The van der Waals surface area contributed by atoms with Crippen molar-refractivity contribution in [3.05, 3.63) is 11.9 Å². The second-order valence-corrected chi connectivity index (χ2v) is 15.2. The minimum Gasteiger partial charge on any atom is -0.377 e. The number of carbonyl (C=O) groups is 3. The molecule has 2 unspecified atom stereocenters. The summed E-state index contributed by atoms with van der Waals surface area (Å²) >= 11 is 0. The molecule has 2 aliphatic heterocycles. The molecule has 2 saturated heterocycles. The second-order valence-electron chi connectivity index (χ2n) is 15.2. The Morgan fingerprint density at radius 2 is 1.25 bits per heavy atom. The lowest BCUT2D eigenvalue weighted by atomic mass is 9.80. The van der Waals surface area contributed by atoms with Crippen LogP contribution in [0.5, 0.6) is 0 Å². The van der Waals surface area contributed by atoms with E-state index in [1.807, 2.05) is 25.7 Å². The Morgan fingerprint density at radius 1 is 0.750 bits per heavy atom. The highest BCUT2D eigenvalue weighted by Gasteiger charge is 2.44. The first-order valence-corrected chi connectivity index (χ1v) is 18.7. The second kappa shape index (κ2) is 23.1. The summed E-state index contributed by atoms with van der Waals surface area (Å²) in [6, 6.07) is -0.0106. The van der Waals surface area contributed by atoms with E-state index in [0.29, 0.717) is 117 Å². The SMILES string of the molecule is CC(C)(C)C1CCN(C(=O)NCCOCCOCCOCCOCCOCCOCCOCCn2cc(CN3C(=O)CC(C(C)(C)C)C3=O)nn2)C1. The topological polar surface area (TPSA) is 165 Å². The molecule has 4 amide bonds. The van der Waals surface area contributed by atoms with Crippen molar-refractivity contribution < 1.29 is 47.5 Å². The molecular weight excluding hydrogens is 676 g/mol. The van der Waals surface area contributed by atoms with Crippen LogP contribution in [0, 0.1) is 22.7 Å². The Kier molecular flexibility index (Phi) is 19.4. The van der Waals surface area contributed by atoms with Gasteiger partial charge in [0.1, 0.15) is 5.69 Å². The van der Waals surface area contributed by atoms with Gasteiger partial charge in [-0.1, -0.05) is 46.8 Å². The van der Waals surface area contributed by atoms with Crippen LogP contribution in [0.3, 0.4) is 0 Å². The molecule has 298 valence electrons. The summed E-state index contributed by atoms with van der Waals surface area (Å²) in [6.45, 7) is 21.9. The third-order valence-electron chi connectivity index (χ3n) is 9.12. The van der Waals surface area contributed by atoms with E-state index >= 15 is 0 Å². The molecule has 2 aliphatic rings. The summed E-state index contributed by atoms with van der Waals surface area (Å²) in [7, 11) is 0. The van der Waals surface area contributed by atoms with Crippen LogP contribution in [0.25, 0.3) is 0 Å². The number of imide groups is 1. The van der Waals surface area contributed by atoms with E-state index in [2.05, 4.69) is 36.4 Å². The van der Waals surface area contributed by atoms with Crippen LogP contribution < -0.4 is 5.32 Å². The Hall–Kier alpha value is -2.73. The fourth-order valence-corrected chi connectivity index (χ4v) is 5.78. The van der Waals surface area contributed by atoms with Crippen LogP contribution >= 0.6 is 0 Å². The minimum absolute atomic E-state index is 0.0106. The third-order valence-corrected chi connectivity index (χ3v) is 9.12. The van der Waals surface area contributed by atoms with Gasteiger partial charge in [0.25, 0.3) is 0 Å². The third kappa shape index (κ3) is 16.5. The molecule has 2 atom stereocenters. The van der Waals surface area contributed by atoms with Crippen molar-refractivity contribution in [3.8, 4) is 0 Å².